The number of nitrogens with zero attached hydrogens (tertiary/aromatic N) is 1. The van der Waals surface area contributed by atoms with Crippen molar-refractivity contribution >= 4 is 17.9 Å². The van der Waals surface area contributed by atoms with Crippen LogP contribution in [0.25, 0.3) is 0 Å². The molecule has 7 nitrogen and oxygen atoms in total. The summed E-state index contributed by atoms with van der Waals surface area (Å²) in [5.74, 6) is -0.882. The minimum absolute atomic E-state index is 0.0803. The van der Waals surface area contributed by atoms with E-state index in [4.69, 9.17) is 9.47 Å². The molecule has 0 heterocycles. The standard InChI is InChI=1S/C16H13NO6/c1-11(19)23-16-13(9-18)14(17(20)21)7-8-15(16)22-10-12-5-3-2-4-6-12/h2-9H,10H2,1H3. The molecule has 0 atom stereocenters. The molecular formula is C16H13NO6. The SMILES string of the molecule is CC(=O)Oc1c(OCc2ccccc2)ccc([N+](=O)[O-])c1C=O. The Hall–Kier alpha value is -3.22. The predicted molar refractivity (Wildman–Crippen MR) is 80.6 cm³/mol. The van der Waals surface area contributed by atoms with Gasteiger partial charge in [0.1, 0.15) is 12.2 Å². The van der Waals surface area contributed by atoms with E-state index in [2.05, 4.69) is 0 Å². The molecule has 0 aliphatic rings. The number of carbonyl (C=O) groups excluding carboxylic acids is 2. The van der Waals surface area contributed by atoms with E-state index in [1.54, 1.807) is 0 Å². The second kappa shape index (κ2) is 7.17. The van der Waals surface area contributed by atoms with E-state index in [0.717, 1.165) is 18.6 Å². The van der Waals surface area contributed by atoms with Crippen molar-refractivity contribution in [2.24, 2.45) is 0 Å². The minimum atomic E-state index is -0.724. The van der Waals surface area contributed by atoms with E-state index >= 15 is 0 Å². The summed E-state index contributed by atoms with van der Waals surface area (Å²) in [7, 11) is 0. The van der Waals surface area contributed by atoms with Crippen LogP contribution in [-0.2, 0) is 11.4 Å². The molecule has 0 radical (unpaired) electrons. The van der Waals surface area contributed by atoms with Crippen molar-refractivity contribution in [3.63, 3.8) is 0 Å². The molecule has 2 aromatic carbocycles. The number of ether oxygens (including phenoxy) is 2. The zero-order chi connectivity index (χ0) is 16.8. The highest BCUT2D eigenvalue weighted by Crippen LogP contribution is 2.37. The van der Waals surface area contributed by atoms with E-state index in [9.17, 15) is 19.7 Å². The van der Waals surface area contributed by atoms with Gasteiger partial charge in [0.25, 0.3) is 5.69 Å². The Labute approximate surface area is 131 Å². The fourth-order valence-electron chi connectivity index (χ4n) is 1.94. The van der Waals surface area contributed by atoms with Crippen molar-refractivity contribution in [1.29, 1.82) is 0 Å². The molecule has 0 aliphatic carbocycles. The molecule has 118 valence electrons. The van der Waals surface area contributed by atoms with Gasteiger partial charge < -0.3 is 9.47 Å². The lowest BCUT2D eigenvalue weighted by Crippen LogP contribution is -2.08. The average molecular weight is 315 g/mol. The van der Waals surface area contributed by atoms with Crippen LogP contribution in [0, 0.1) is 10.1 Å². The summed E-state index contributed by atoms with van der Waals surface area (Å²) in [5, 5.41) is 11.0. The Morgan fingerprint density at radius 2 is 1.91 bits per heavy atom. The van der Waals surface area contributed by atoms with Gasteiger partial charge in [-0.25, -0.2) is 0 Å². The molecule has 0 aromatic heterocycles. The highest BCUT2D eigenvalue weighted by atomic mass is 16.6. The molecule has 0 fully saturated rings. The first-order valence-electron chi connectivity index (χ1n) is 6.64. The number of benzene rings is 2. The highest BCUT2D eigenvalue weighted by Gasteiger charge is 2.24. The Kier molecular flexibility index (Phi) is 5.03. The first-order valence-corrected chi connectivity index (χ1v) is 6.64. The van der Waals surface area contributed by atoms with Crippen LogP contribution in [0.15, 0.2) is 42.5 Å². The average Bonchev–Trinajstić information content (AvgIpc) is 2.53. The number of nitro benzene ring substituents is 1. The van der Waals surface area contributed by atoms with Crippen LogP contribution in [0.3, 0.4) is 0 Å². The number of hydrogen-bond donors (Lipinski definition) is 0. The van der Waals surface area contributed by atoms with E-state index < -0.39 is 16.6 Å². The zero-order valence-corrected chi connectivity index (χ0v) is 12.2. The van der Waals surface area contributed by atoms with Crippen molar-refractivity contribution in [2.45, 2.75) is 13.5 Å². The van der Waals surface area contributed by atoms with Gasteiger partial charge in [-0.15, -0.1) is 0 Å². The molecule has 7 heteroatoms. The normalized spacial score (nSPS) is 9.96. The molecular weight excluding hydrogens is 302 g/mol. The maximum absolute atomic E-state index is 11.2. The van der Waals surface area contributed by atoms with Gasteiger partial charge in [-0.2, -0.15) is 0 Å². The number of nitro groups is 1. The van der Waals surface area contributed by atoms with Crippen LogP contribution in [-0.4, -0.2) is 17.2 Å². The number of aldehydes is 1. The van der Waals surface area contributed by atoms with Gasteiger partial charge in [0.05, 0.1) is 4.92 Å². The molecule has 0 amide bonds. The molecule has 0 spiro atoms. The maximum Gasteiger partial charge on any atom is 0.308 e. The first-order chi connectivity index (χ1) is 11.0. The highest BCUT2D eigenvalue weighted by molar-refractivity contribution is 5.89. The monoisotopic (exact) mass is 315 g/mol. The first kappa shape index (κ1) is 16.2. The number of esters is 1. The maximum atomic E-state index is 11.2. The van der Waals surface area contributed by atoms with Crippen molar-refractivity contribution in [1.82, 2.24) is 0 Å². The van der Waals surface area contributed by atoms with Gasteiger partial charge in [0.2, 0.25) is 0 Å². The second-order valence-electron chi connectivity index (χ2n) is 4.57. The van der Waals surface area contributed by atoms with E-state index in [1.165, 1.54) is 6.07 Å². The predicted octanol–water partition coefficient (Wildman–Crippen LogP) is 2.91. The summed E-state index contributed by atoms with van der Waals surface area (Å²) in [6.45, 7) is 1.29. The molecule has 0 unspecified atom stereocenters. The van der Waals surface area contributed by atoms with Gasteiger partial charge in [0, 0.05) is 13.0 Å². The zero-order valence-electron chi connectivity index (χ0n) is 12.2. The van der Waals surface area contributed by atoms with E-state index in [0.29, 0.717) is 0 Å². The molecule has 0 N–H and O–H groups in total. The largest absolute Gasteiger partial charge is 0.485 e. The van der Waals surface area contributed by atoms with E-state index in [1.807, 2.05) is 30.3 Å². The summed E-state index contributed by atoms with van der Waals surface area (Å²) in [5.41, 5.74) is 0.0614. The molecule has 0 saturated carbocycles. The third-order valence-electron chi connectivity index (χ3n) is 2.93. The Balaban J connectivity index is 2.39. The summed E-state index contributed by atoms with van der Waals surface area (Å²) in [6, 6.07) is 11.6. The number of hydrogen-bond acceptors (Lipinski definition) is 6. The topological polar surface area (TPSA) is 95.7 Å². The van der Waals surface area contributed by atoms with Crippen LogP contribution in [0.2, 0.25) is 0 Å². The second-order valence-corrected chi connectivity index (χ2v) is 4.57. The van der Waals surface area contributed by atoms with Crippen LogP contribution < -0.4 is 9.47 Å². The summed E-state index contributed by atoms with van der Waals surface area (Å²) in [6.07, 6.45) is 0.270. The molecule has 0 aliphatic heterocycles. The molecule has 23 heavy (non-hydrogen) atoms. The van der Waals surface area contributed by atoms with Crippen molar-refractivity contribution in [3.05, 3.63) is 63.7 Å². The van der Waals surface area contributed by atoms with Gasteiger partial charge >= 0.3 is 5.97 Å². The van der Waals surface area contributed by atoms with Crippen molar-refractivity contribution < 1.29 is 24.0 Å². The summed E-state index contributed by atoms with van der Waals surface area (Å²) in [4.78, 5) is 32.7. The number of carbonyl (C=O) groups is 2. The molecule has 0 bridgehead atoms. The number of rotatable bonds is 6. The molecule has 2 rings (SSSR count). The van der Waals surface area contributed by atoms with Crippen LogP contribution >= 0.6 is 0 Å². The van der Waals surface area contributed by atoms with Crippen molar-refractivity contribution in [2.75, 3.05) is 0 Å². The van der Waals surface area contributed by atoms with Gasteiger partial charge in [-0.1, -0.05) is 30.3 Å². The van der Waals surface area contributed by atoms with Gasteiger partial charge in [-0.05, 0) is 11.6 Å². The van der Waals surface area contributed by atoms with E-state index in [-0.39, 0.29) is 30.0 Å². The van der Waals surface area contributed by atoms with Crippen LogP contribution in [0.5, 0.6) is 11.5 Å². The van der Waals surface area contributed by atoms with Gasteiger partial charge in [-0.3, -0.25) is 19.7 Å². The summed E-state index contributed by atoms with van der Waals surface area (Å²) < 4.78 is 10.5. The van der Waals surface area contributed by atoms with Crippen LogP contribution in [0.1, 0.15) is 22.8 Å². The Morgan fingerprint density at radius 3 is 2.48 bits per heavy atom. The smallest absolute Gasteiger partial charge is 0.308 e. The quantitative estimate of drug-likeness (QED) is 0.267. The third kappa shape index (κ3) is 3.91. The Bertz CT molecular complexity index is 742. The molecule has 0 saturated heterocycles. The fourth-order valence-corrected chi connectivity index (χ4v) is 1.94. The summed E-state index contributed by atoms with van der Waals surface area (Å²) >= 11 is 0. The van der Waals surface area contributed by atoms with Crippen LogP contribution in [0.4, 0.5) is 5.69 Å². The third-order valence-corrected chi connectivity index (χ3v) is 2.93. The lowest BCUT2D eigenvalue weighted by Gasteiger charge is -2.12. The minimum Gasteiger partial charge on any atom is -0.485 e. The van der Waals surface area contributed by atoms with Crippen molar-refractivity contribution in [3.8, 4) is 11.5 Å². The molecule has 2 aromatic rings. The Morgan fingerprint density at radius 1 is 1.22 bits per heavy atom. The fraction of sp³-hybridized carbons (Fsp3) is 0.125. The lowest BCUT2D eigenvalue weighted by molar-refractivity contribution is -0.385. The lowest BCUT2D eigenvalue weighted by atomic mass is 10.1. The van der Waals surface area contributed by atoms with Gasteiger partial charge in [0.15, 0.2) is 17.8 Å².